The van der Waals surface area contributed by atoms with Crippen molar-refractivity contribution >= 4 is 5.97 Å². The van der Waals surface area contributed by atoms with E-state index in [-0.39, 0.29) is 18.0 Å². The minimum Gasteiger partial charge on any atom is -0.469 e. The predicted molar refractivity (Wildman–Crippen MR) is 72.3 cm³/mol. The Labute approximate surface area is 115 Å². The number of aliphatic hydroxyl groups is 1. The molecule has 0 radical (unpaired) electrons. The number of fused-ring (bicyclic) bond motifs is 1. The van der Waals surface area contributed by atoms with Crippen LogP contribution in [0, 0.1) is 28.6 Å². The van der Waals surface area contributed by atoms with Gasteiger partial charge in [0.1, 0.15) is 0 Å². The second kappa shape index (κ2) is 4.08. The molecule has 3 aliphatic carbocycles. The zero-order valence-electron chi connectivity index (χ0n) is 12.1. The van der Waals surface area contributed by atoms with E-state index in [0.29, 0.717) is 23.2 Å². The maximum absolute atomic E-state index is 12.3. The third kappa shape index (κ3) is 1.45. The molecule has 3 heteroatoms. The molecule has 4 bridgehead atoms. The summed E-state index contributed by atoms with van der Waals surface area (Å²) >= 11 is 0. The van der Waals surface area contributed by atoms with Crippen LogP contribution in [0.15, 0.2) is 11.6 Å². The molecule has 2 fully saturated rings. The van der Waals surface area contributed by atoms with Gasteiger partial charge in [-0.15, -0.1) is 0 Å². The molecule has 3 nitrogen and oxygen atoms in total. The first kappa shape index (κ1) is 13.2. The number of carbonyl (C=O) groups excluding carboxylic acids is 1. The Bertz CT molecular complexity index is 441. The fourth-order valence-corrected chi connectivity index (χ4v) is 5.43. The van der Waals surface area contributed by atoms with Gasteiger partial charge in [0.15, 0.2) is 0 Å². The van der Waals surface area contributed by atoms with E-state index in [1.807, 2.05) is 0 Å². The molecule has 3 rings (SSSR count). The first-order valence-electron chi connectivity index (χ1n) is 7.37. The summed E-state index contributed by atoms with van der Waals surface area (Å²) in [6.07, 6.45) is 6.40. The molecule has 106 valence electrons. The third-order valence-electron chi connectivity index (χ3n) is 6.37. The first-order valence-corrected chi connectivity index (χ1v) is 7.37. The molecule has 2 saturated carbocycles. The van der Waals surface area contributed by atoms with Gasteiger partial charge < -0.3 is 9.84 Å². The standard InChI is InChI=1S/C16H24O3/c1-15-7-4-8-16(2,14(18)19-3)13-11(15)6-5-10(9-17)12(13)15/h5,11-13,17H,4,6-9H2,1-3H3. The number of carbonyl (C=O) groups is 1. The molecule has 3 aliphatic rings. The van der Waals surface area contributed by atoms with Crippen molar-refractivity contribution < 1.29 is 14.6 Å². The Morgan fingerprint density at radius 3 is 2.84 bits per heavy atom. The average Bonchev–Trinajstić information content (AvgIpc) is 2.63. The van der Waals surface area contributed by atoms with Gasteiger partial charge in [-0.2, -0.15) is 0 Å². The van der Waals surface area contributed by atoms with E-state index in [2.05, 4.69) is 19.9 Å². The normalized spacial score (nSPS) is 47.8. The van der Waals surface area contributed by atoms with Gasteiger partial charge in [0.25, 0.3) is 0 Å². The lowest BCUT2D eigenvalue weighted by Crippen LogP contribution is -2.63. The zero-order valence-corrected chi connectivity index (χ0v) is 12.1. The van der Waals surface area contributed by atoms with Gasteiger partial charge in [0.05, 0.1) is 19.1 Å². The van der Waals surface area contributed by atoms with Crippen LogP contribution in [-0.2, 0) is 9.53 Å². The minimum absolute atomic E-state index is 0.0596. The minimum atomic E-state index is -0.366. The van der Waals surface area contributed by atoms with E-state index >= 15 is 0 Å². The second-order valence-corrected chi connectivity index (χ2v) is 7.05. The molecule has 0 spiro atoms. The number of rotatable bonds is 2. The molecule has 0 aromatic carbocycles. The molecule has 1 N–H and O–H groups in total. The van der Waals surface area contributed by atoms with Crippen LogP contribution in [0.25, 0.3) is 0 Å². The van der Waals surface area contributed by atoms with Crippen molar-refractivity contribution in [3.05, 3.63) is 11.6 Å². The van der Waals surface area contributed by atoms with Crippen molar-refractivity contribution in [2.24, 2.45) is 28.6 Å². The van der Waals surface area contributed by atoms with Gasteiger partial charge in [-0.1, -0.05) is 19.4 Å². The monoisotopic (exact) mass is 264 g/mol. The first-order chi connectivity index (χ1) is 8.99. The summed E-state index contributed by atoms with van der Waals surface area (Å²) in [5, 5.41) is 9.63. The smallest absolute Gasteiger partial charge is 0.311 e. The van der Waals surface area contributed by atoms with Gasteiger partial charge in [-0.25, -0.2) is 0 Å². The number of ether oxygens (including phenoxy) is 1. The van der Waals surface area contributed by atoms with Crippen LogP contribution in [0.3, 0.4) is 0 Å². The zero-order chi connectivity index (χ0) is 13.8. The van der Waals surface area contributed by atoms with Crippen molar-refractivity contribution in [2.45, 2.75) is 39.5 Å². The molecular weight excluding hydrogens is 240 g/mol. The molecule has 5 atom stereocenters. The maximum Gasteiger partial charge on any atom is 0.311 e. The summed E-state index contributed by atoms with van der Waals surface area (Å²) in [5.74, 6) is 1.26. The van der Waals surface area contributed by atoms with E-state index in [9.17, 15) is 9.90 Å². The predicted octanol–water partition coefficient (Wildman–Crippen LogP) is 2.54. The number of allylic oxidation sites excluding steroid dienone is 1. The van der Waals surface area contributed by atoms with E-state index in [1.165, 1.54) is 13.5 Å². The summed E-state index contributed by atoms with van der Waals surface area (Å²) < 4.78 is 5.09. The second-order valence-electron chi connectivity index (χ2n) is 7.05. The van der Waals surface area contributed by atoms with E-state index in [0.717, 1.165) is 24.8 Å². The fraction of sp³-hybridized carbons (Fsp3) is 0.812. The lowest BCUT2D eigenvalue weighted by molar-refractivity contribution is -0.182. The maximum atomic E-state index is 12.3. The SMILES string of the molecule is COC(=O)C1(C)CCCC2(C)C3CC=C(CO)C2C31. The largest absolute Gasteiger partial charge is 0.469 e. The number of methoxy groups -OCH3 is 1. The molecule has 0 aromatic rings. The highest BCUT2D eigenvalue weighted by atomic mass is 16.5. The lowest BCUT2D eigenvalue weighted by Gasteiger charge is -2.65. The van der Waals surface area contributed by atoms with Crippen LogP contribution < -0.4 is 0 Å². The van der Waals surface area contributed by atoms with Crippen molar-refractivity contribution in [1.82, 2.24) is 0 Å². The summed E-state index contributed by atoms with van der Waals surface area (Å²) in [4.78, 5) is 12.3. The van der Waals surface area contributed by atoms with Crippen molar-refractivity contribution in [3.8, 4) is 0 Å². The van der Waals surface area contributed by atoms with Crippen molar-refractivity contribution in [3.63, 3.8) is 0 Å². The van der Waals surface area contributed by atoms with Gasteiger partial charge in [0.2, 0.25) is 0 Å². The Morgan fingerprint density at radius 1 is 1.47 bits per heavy atom. The lowest BCUT2D eigenvalue weighted by atomic mass is 9.38. The Balaban J connectivity index is 2.03. The van der Waals surface area contributed by atoms with Crippen LogP contribution in [0.4, 0.5) is 0 Å². The molecule has 0 aromatic heterocycles. The Kier molecular flexibility index (Phi) is 2.83. The Hall–Kier alpha value is -0.830. The quantitative estimate of drug-likeness (QED) is 0.616. The van der Waals surface area contributed by atoms with Gasteiger partial charge >= 0.3 is 5.97 Å². The molecule has 0 heterocycles. The van der Waals surface area contributed by atoms with Crippen molar-refractivity contribution in [2.75, 3.05) is 13.7 Å². The van der Waals surface area contributed by atoms with Crippen LogP contribution in [0.5, 0.6) is 0 Å². The number of hydrogen-bond acceptors (Lipinski definition) is 3. The molecule has 5 unspecified atom stereocenters. The number of hydrogen-bond donors (Lipinski definition) is 1. The van der Waals surface area contributed by atoms with E-state index in [1.54, 1.807) is 0 Å². The fourth-order valence-electron chi connectivity index (χ4n) is 5.43. The number of aliphatic hydroxyl groups excluding tert-OH is 1. The van der Waals surface area contributed by atoms with Gasteiger partial charge in [-0.05, 0) is 54.9 Å². The number of esters is 1. The average molecular weight is 264 g/mol. The summed E-state index contributed by atoms with van der Waals surface area (Å²) in [7, 11) is 1.49. The summed E-state index contributed by atoms with van der Waals surface area (Å²) in [6.45, 7) is 4.57. The Morgan fingerprint density at radius 2 is 2.21 bits per heavy atom. The molecular formula is C16H24O3. The van der Waals surface area contributed by atoms with Gasteiger partial charge in [-0.3, -0.25) is 4.79 Å². The van der Waals surface area contributed by atoms with Crippen LogP contribution in [0.1, 0.15) is 39.5 Å². The highest BCUT2D eigenvalue weighted by Gasteiger charge is 2.68. The van der Waals surface area contributed by atoms with E-state index < -0.39 is 0 Å². The summed E-state index contributed by atoms with van der Waals surface area (Å²) in [6, 6.07) is 0. The van der Waals surface area contributed by atoms with Crippen molar-refractivity contribution in [1.29, 1.82) is 0 Å². The highest BCUT2D eigenvalue weighted by Crippen LogP contribution is 2.72. The molecule has 0 amide bonds. The summed E-state index contributed by atoms with van der Waals surface area (Å²) in [5.41, 5.74) is 1.09. The highest BCUT2D eigenvalue weighted by molar-refractivity contribution is 5.77. The van der Waals surface area contributed by atoms with Gasteiger partial charge in [0, 0.05) is 0 Å². The topological polar surface area (TPSA) is 46.5 Å². The van der Waals surface area contributed by atoms with Crippen LogP contribution in [-0.4, -0.2) is 24.8 Å². The van der Waals surface area contributed by atoms with Crippen LogP contribution >= 0.6 is 0 Å². The molecule has 0 saturated heterocycles. The third-order valence-corrected chi connectivity index (χ3v) is 6.37. The van der Waals surface area contributed by atoms with Crippen LogP contribution in [0.2, 0.25) is 0 Å². The van der Waals surface area contributed by atoms with E-state index in [4.69, 9.17) is 4.74 Å². The molecule has 19 heavy (non-hydrogen) atoms. The molecule has 0 aliphatic heterocycles.